The maximum Gasteiger partial charge on any atom is 0.340 e. The zero-order chi connectivity index (χ0) is 21.3. The first-order valence-electron chi connectivity index (χ1n) is 10.6. The number of aromatic nitrogens is 1. The molecule has 1 aromatic carbocycles. The van der Waals surface area contributed by atoms with Gasteiger partial charge in [-0.25, -0.2) is 4.79 Å². The average Bonchev–Trinajstić information content (AvgIpc) is 3.53. The molecule has 1 saturated carbocycles. The molecule has 1 aliphatic heterocycles. The van der Waals surface area contributed by atoms with Crippen LogP contribution in [0.2, 0.25) is 0 Å². The molecule has 160 valence electrons. The molecule has 0 bridgehead atoms. The van der Waals surface area contributed by atoms with Crippen LogP contribution in [0.1, 0.15) is 47.6 Å². The lowest BCUT2D eigenvalue weighted by Gasteiger charge is -2.28. The molecule has 2 aliphatic rings. The quantitative estimate of drug-likeness (QED) is 0.737. The number of rotatable bonds is 6. The van der Waals surface area contributed by atoms with E-state index in [1.165, 1.54) is 0 Å². The molecule has 1 atom stereocenters. The van der Waals surface area contributed by atoms with E-state index in [-0.39, 0.29) is 5.91 Å². The standard InChI is InChI=1S/C23H29N3O4/c1-15-14-21(16(2)26(15)20-8-9-20)23(28)30-17(3)22(27)24-18-4-6-19(7-5-18)25-10-12-29-13-11-25/h4-7,14,17,20H,8-13H2,1-3H3,(H,24,27)/t17-/m1/s1. The Bertz CT molecular complexity index is 925. The van der Waals surface area contributed by atoms with Crippen molar-refractivity contribution >= 4 is 23.3 Å². The van der Waals surface area contributed by atoms with Crippen LogP contribution in [0, 0.1) is 13.8 Å². The highest BCUT2D eigenvalue weighted by Gasteiger charge is 2.29. The summed E-state index contributed by atoms with van der Waals surface area (Å²) in [7, 11) is 0. The number of aryl methyl sites for hydroxylation is 1. The van der Waals surface area contributed by atoms with Gasteiger partial charge >= 0.3 is 5.97 Å². The van der Waals surface area contributed by atoms with Gasteiger partial charge in [-0.15, -0.1) is 0 Å². The molecule has 1 aliphatic carbocycles. The Morgan fingerprint density at radius 2 is 1.80 bits per heavy atom. The molecule has 7 nitrogen and oxygen atoms in total. The van der Waals surface area contributed by atoms with Crippen LogP contribution < -0.4 is 10.2 Å². The molecule has 1 aromatic heterocycles. The van der Waals surface area contributed by atoms with Gasteiger partial charge in [0.1, 0.15) is 0 Å². The summed E-state index contributed by atoms with van der Waals surface area (Å²) in [5.74, 6) is -0.807. The second-order valence-corrected chi connectivity index (χ2v) is 8.07. The number of esters is 1. The number of nitrogens with zero attached hydrogens (tertiary/aromatic N) is 2. The van der Waals surface area contributed by atoms with Gasteiger partial charge in [0.25, 0.3) is 5.91 Å². The van der Waals surface area contributed by atoms with E-state index in [2.05, 4.69) is 14.8 Å². The van der Waals surface area contributed by atoms with E-state index in [9.17, 15) is 9.59 Å². The maximum atomic E-state index is 12.6. The number of nitrogens with one attached hydrogen (secondary N) is 1. The lowest BCUT2D eigenvalue weighted by molar-refractivity contribution is -0.123. The molecule has 2 heterocycles. The van der Waals surface area contributed by atoms with Gasteiger partial charge in [-0.05, 0) is 63.9 Å². The molecule has 1 amide bonds. The zero-order valence-corrected chi connectivity index (χ0v) is 17.8. The second-order valence-electron chi connectivity index (χ2n) is 8.07. The van der Waals surface area contributed by atoms with Crippen molar-refractivity contribution in [3.63, 3.8) is 0 Å². The Morgan fingerprint density at radius 3 is 2.43 bits per heavy atom. The van der Waals surface area contributed by atoms with Crippen molar-refractivity contribution < 1.29 is 19.1 Å². The maximum absolute atomic E-state index is 12.6. The van der Waals surface area contributed by atoms with Gasteiger partial charge in [-0.1, -0.05) is 0 Å². The number of benzene rings is 1. The highest BCUT2D eigenvalue weighted by atomic mass is 16.5. The summed E-state index contributed by atoms with van der Waals surface area (Å²) in [5.41, 5.74) is 4.27. The van der Waals surface area contributed by atoms with E-state index in [0.29, 0.717) is 17.3 Å². The van der Waals surface area contributed by atoms with Gasteiger partial charge in [-0.2, -0.15) is 0 Å². The van der Waals surface area contributed by atoms with E-state index < -0.39 is 12.1 Å². The van der Waals surface area contributed by atoms with E-state index in [1.807, 2.05) is 44.2 Å². The van der Waals surface area contributed by atoms with Crippen molar-refractivity contribution in [3.8, 4) is 0 Å². The SMILES string of the molecule is Cc1cc(C(=O)O[C@H](C)C(=O)Nc2ccc(N3CCOCC3)cc2)c(C)n1C1CC1. The Labute approximate surface area is 177 Å². The van der Waals surface area contributed by atoms with Gasteiger partial charge in [-0.3, -0.25) is 4.79 Å². The summed E-state index contributed by atoms with van der Waals surface area (Å²) in [6.07, 6.45) is 1.41. The van der Waals surface area contributed by atoms with Crippen molar-refractivity contribution in [2.75, 3.05) is 36.5 Å². The summed E-state index contributed by atoms with van der Waals surface area (Å²) in [5, 5.41) is 2.82. The summed E-state index contributed by atoms with van der Waals surface area (Å²) in [4.78, 5) is 27.4. The van der Waals surface area contributed by atoms with Crippen LogP contribution in [-0.4, -0.2) is 48.9 Å². The van der Waals surface area contributed by atoms with Crippen molar-refractivity contribution in [3.05, 3.63) is 47.3 Å². The van der Waals surface area contributed by atoms with E-state index in [0.717, 1.165) is 56.2 Å². The van der Waals surface area contributed by atoms with Gasteiger partial charge in [0.05, 0.1) is 18.8 Å². The smallest absolute Gasteiger partial charge is 0.340 e. The number of ether oxygens (including phenoxy) is 2. The molecule has 0 radical (unpaired) electrons. The van der Waals surface area contributed by atoms with Gasteiger partial charge in [0.15, 0.2) is 6.10 Å². The van der Waals surface area contributed by atoms with E-state index in [4.69, 9.17) is 9.47 Å². The first-order valence-corrected chi connectivity index (χ1v) is 10.6. The molecule has 1 N–H and O–H groups in total. The fourth-order valence-electron chi connectivity index (χ4n) is 3.98. The number of hydrogen-bond acceptors (Lipinski definition) is 5. The Morgan fingerprint density at radius 1 is 1.13 bits per heavy atom. The topological polar surface area (TPSA) is 72.8 Å². The van der Waals surface area contributed by atoms with E-state index >= 15 is 0 Å². The fraction of sp³-hybridized carbons (Fsp3) is 0.478. The lowest BCUT2D eigenvalue weighted by Crippen LogP contribution is -2.36. The number of amides is 1. The van der Waals surface area contributed by atoms with Crippen molar-refractivity contribution in [2.45, 2.75) is 45.8 Å². The zero-order valence-electron chi connectivity index (χ0n) is 17.8. The first-order chi connectivity index (χ1) is 14.4. The predicted octanol–water partition coefficient (Wildman–Crippen LogP) is 3.46. The monoisotopic (exact) mass is 411 g/mol. The normalized spacial score (nSPS) is 17.5. The van der Waals surface area contributed by atoms with Crippen molar-refractivity contribution in [1.29, 1.82) is 0 Å². The largest absolute Gasteiger partial charge is 0.449 e. The third kappa shape index (κ3) is 4.36. The van der Waals surface area contributed by atoms with Crippen LogP contribution in [0.5, 0.6) is 0 Å². The minimum absolute atomic E-state index is 0.349. The van der Waals surface area contributed by atoms with Crippen LogP contribution in [0.4, 0.5) is 11.4 Å². The Kier molecular flexibility index (Phi) is 5.81. The number of morpholine rings is 1. The fourth-order valence-corrected chi connectivity index (χ4v) is 3.98. The Balaban J connectivity index is 1.34. The Hall–Kier alpha value is -2.80. The minimum atomic E-state index is -0.889. The molecule has 30 heavy (non-hydrogen) atoms. The van der Waals surface area contributed by atoms with Crippen molar-refractivity contribution in [2.24, 2.45) is 0 Å². The molecular formula is C23H29N3O4. The summed E-state index contributed by atoms with van der Waals surface area (Å²) < 4.78 is 13.0. The summed E-state index contributed by atoms with van der Waals surface area (Å²) in [6.45, 7) is 8.70. The molecule has 4 rings (SSSR count). The molecule has 2 fully saturated rings. The van der Waals surface area contributed by atoms with Crippen molar-refractivity contribution in [1.82, 2.24) is 4.57 Å². The summed E-state index contributed by atoms with van der Waals surface area (Å²) >= 11 is 0. The lowest BCUT2D eigenvalue weighted by atomic mass is 10.2. The third-order valence-corrected chi connectivity index (χ3v) is 5.78. The molecule has 2 aromatic rings. The molecule has 7 heteroatoms. The highest BCUT2D eigenvalue weighted by molar-refractivity contribution is 5.98. The van der Waals surface area contributed by atoms with Crippen LogP contribution in [0.15, 0.2) is 30.3 Å². The van der Waals surface area contributed by atoms with Crippen LogP contribution >= 0.6 is 0 Å². The molecule has 1 saturated heterocycles. The summed E-state index contributed by atoms with van der Waals surface area (Å²) in [6, 6.07) is 10.0. The van der Waals surface area contributed by atoms with E-state index in [1.54, 1.807) is 6.92 Å². The highest BCUT2D eigenvalue weighted by Crippen LogP contribution is 2.38. The van der Waals surface area contributed by atoms with Crippen LogP contribution in [-0.2, 0) is 14.3 Å². The molecule has 0 spiro atoms. The number of carbonyl (C=O) groups excluding carboxylic acids is 2. The first kappa shape index (κ1) is 20.5. The van der Waals surface area contributed by atoms with Crippen LogP contribution in [0.25, 0.3) is 0 Å². The molecular weight excluding hydrogens is 382 g/mol. The van der Waals surface area contributed by atoms with Gasteiger partial charge in [0, 0.05) is 41.9 Å². The predicted molar refractivity (Wildman–Crippen MR) is 115 cm³/mol. The number of anilines is 2. The minimum Gasteiger partial charge on any atom is -0.449 e. The molecule has 0 unspecified atom stereocenters. The van der Waals surface area contributed by atoms with Gasteiger partial charge < -0.3 is 24.3 Å². The number of carbonyl (C=O) groups is 2. The number of hydrogen-bond donors (Lipinski definition) is 1. The second kappa shape index (κ2) is 8.52. The third-order valence-electron chi connectivity index (χ3n) is 5.78. The average molecular weight is 412 g/mol. The van der Waals surface area contributed by atoms with Gasteiger partial charge in [0.2, 0.25) is 0 Å². The van der Waals surface area contributed by atoms with Crippen LogP contribution in [0.3, 0.4) is 0 Å².